The number of nitrogens with one attached hydrogen (secondary N) is 1. The van der Waals surface area contributed by atoms with Crippen LogP contribution in [-0.2, 0) is 16.6 Å². The van der Waals surface area contributed by atoms with Crippen molar-refractivity contribution in [1.82, 2.24) is 9.62 Å². The van der Waals surface area contributed by atoms with E-state index in [9.17, 15) is 8.42 Å². The number of halogens is 1. The smallest absolute Gasteiger partial charge is 0.240 e. The summed E-state index contributed by atoms with van der Waals surface area (Å²) < 4.78 is 26.8. The molecule has 2 rings (SSSR count). The average Bonchev–Trinajstić information content (AvgIpc) is 3.22. The van der Waals surface area contributed by atoms with Gasteiger partial charge in [0.2, 0.25) is 10.0 Å². The Balaban J connectivity index is 1.96. The first-order valence-electron chi connectivity index (χ1n) is 6.53. The van der Waals surface area contributed by atoms with Gasteiger partial charge in [-0.2, -0.15) is 0 Å². The number of rotatable bonds is 7. The summed E-state index contributed by atoms with van der Waals surface area (Å²) in [5.41, 5.74) is 0.513. The summed E-state index contributed by atoms with van der Waals surface area (Å²) in [5, 5.41) is 9.27. The molecule has 7 heteroatoms. The number of nitrogens with zero attached hydrogens (tertiary/aromatic N) is 1. The van der Waals surface area contributed by atoms with E-state index in [0.717, 1.165) is 0 Å². The number of hydrogen-bond donors (Lipinski definition) is 2. The molecule has 0 radical (unpaired) electrons. The van der Waals surface area contributed by atoms with E-state index in [1.165, 1.54) is 31.0 Å². The lowest BCUT2D eigenvalue weighted by atomic mass is 10.2. The standard InChI is InChI=1S/C13H19ClN2O3S/c1-16(11-3-4-11)7-6-15-20(18,19)12-5-2-10(9-17)13(14)8-12/h2,5,8,11,15,17H,3-4,6-7,9H2,1H3. The van der Waals surface area contributed by atoms with Gasteiger partial charge in [0.05, 0.1) is 11.5 Å². The second-order valence-corrected chi connectivity index (χ2v) is 7.20. The number of aliphatic hydroxyl groups excluding tert-OH is 1. The Morgan fingerprint density at radius 1 is 1.45 bits per heavy atom. The summed E-state index contributed by atoms with van der Waals surface area (Å²) in [6, 6.07) is 4.94. The molecule has 0 heterocycles. The molecule has 1 aliphatic rings. The van der Waals surface area contributed by atoms with Gasteiger partial charge in [-0.1, -0.05) is 17.7 Å². The van der Waals surface area contributed by atoms with Crippen LogP contribution in [0.3, 0.4) is 0 Å². The molecule has 0 amide bonds. The molecule has 1 fully saturated rings. The molecule has 2 N–H and O–H groups in total. The van der Waals surface area contributed by atoms with E-state index < -0.39 is 10.0 Å². The minimum absolute atomic E-state index is 0.119. The molecule has 20 heavy (non-hydrogen) atoms. The second kappa shape index (κ2) is 6.41. The first-order valence-corrected chi connectivity index (χ1v) is 8.39. The molecule has 0 saturated heterocycles. The summed E-state index contributed by atoms with van der Waals surface area (Å²) in [4.78, 5) is 2.28. The molecule has 0 bridgehead atoms. The molecule has 0 unspecified atom stereocenters. The fraction of sp³-hybridized carbons (Fsp3) is 0.538. The van der Waals surface area contributed by atoms with Gasteiger partial charge in [0.15, 0.2) is 0 Å². The first kappa shape index (κ1) is 15.7. The molecule has 1 aromatic carbocycles. The van der Waals surface area contributed by atoms with E-state index in [1.54, 1.807) is 0 Å². The molecule has 0 atom stereocenters. The Bertz CT molecular complexity index is 573. The lowest BCUT2D eigenvalue weighted by molar-refractivity contribution is 0.282. The molecule has 1 saturated carbocycles. The summed E-state index contributed by atoms with van der Waals surface area (Å²) in [7, 11) is -1.55. The Morgan fingerprint density at radius 2 is 2.15 bits per heavy atom. The van der Waals surface area contributed by atoms with Crippen LogP contribution < -0.4 is 4.72 Å². The number of sulfonamides is 1. The van der Waals surface area contributed by atoms with E-state index in [4.69, 9.17) is 16.7 Å². The summed E-state index contributed by atoms with van der Waals surface area (Å²) in [6.07, 6.45) is 2.39. The zero-order valence-corrected chi connectivity index (χ0v) is 12.9. The molecule has 0 spiro atoms. The lowest BCUT2D eigenvalue weighted by Crippen LogP contribution is -2.34. The Labute approximate surface area is 124 Å². The molecular weight excluding hydrogens is 300 g/mol. The highest BCUT2D eigenvalue weighted by Gasteiger charge is 2.26. The van der Waals surface area contributed by atoms with Crippen LogP contribution in [0.25, 0.3) is 0 Å². The van der Waals surface area contributed by atoms with Crippen molar-refractivity contribution in [1.29, 1.82) is 0 Å². The quantitative estimate of drug-likeness (QED) is 0.793. The van der Waals surface area contributed by atoms with Crippen LogP contribution in [0.5, 0.6) is 0 Å². The van der Waals surface area contributed by atoms with E-state index >= 15 is 0 Å². The molecule has 1 aliphatic carbocycles. The van der Waals surface area contributed by atoms with Gasteiger partial charge in [-0.25, -0.2) is 13.1 Å². The molecule has 0 aromatic heterocycles. The van der Waals surface area contributed by atoms with Gasteiger partial charge in [0.25, 0.3) is 0 Å². The number of aliphatic hydroxyl groups is 1. The SMILES string of the molecule is CN(CCNS(=O)(=O)c1ccc(CO)c(Cl)c1)C1CC1. The second-order valence-electron chi connectivity index (χ2n) is 5.02. The van der Waals surface area contributed by atoms with Crippen molar-refractivity contribution >= 4 is 21.6 Å². The lowest BCUT2D eigenvalue weighted by Gasteiger charge is -2.16. The topological polar surface area (TPSA) is 69.6 Å². The maximum absolute atomic E-state index is 12.1. The van der Waals surface area contributed by atoms with Crippen molar-refractivity contribution in [2.45, 2.75) is 30.4 Å². The highest BCUT2D eigenvalue weighted by Crippen LogP contribution is 2.24. The van der Waals surface area contributed by atoms with Crippen molar-refractivity contribution < 1.29 is 13.5 Å². The van der Waals surface area contributed by atoms with Gasteiger partial charge in [-0.3, -0.25) is 0 Å². The van der Waals surface area contributed by atoms with Crippen LogP contribution in [0, 0.1) is 0 Å². The van der Waals surface area contributed by atoms with E-state index in [0.29, 0.717) is 24.7 Å². The molecule has 5 nitrogen and oxygen atoms in total. The Hall–Kier alpha value is -0.660. The van der Waals surface area contributed by atoms with Gasteiger partial charge in [-0.05, 0) is 37.6 Å². The van der Waals surface area contributed by atoms with Crippen LogP contribution in [0.1, 0.15) is 18.4 Å². The van der Waals surface area contributed by atoms with Crippen LogP contribution in [-0.4, -0.2) is 44.6 Å². The van der Waals surface area contributed by atoms with Crippen molar-refractivity contribution in [3.05, 3.63) is 28.8 Å². The van der Waals surface area contributed by atoms with Crippen molar-refractivity contribution in [3.63, 3.8) is 0 Å². The van der Waals surface area contributed by atoms with Crippen LogP contribution in [0.15, 0.2) is 23.1 Å². The van der Waals surface area contributed by atoms with Gasteiger partial charge in [0, 0.05) is 24.2 Å². The molecule has 1 aromatic rings. The summed E-state index contributed by atoms with van der Waals surface area (Å²) >= 11 is 5.91. The third kappa shape index (κ3) is 3.93. The number of hydrogen-bond acceptors (Lipinski definition) is 4. The number of benzene rings is 1. The Morgan fingerprint density at radius 3 is 2.70 bits per heavy atom. The first-order chi connectivity index (χ1) is 9.44. The summed E-state index contributed by atoms with van der Waals surface area (Å²) in [6.45, 7) is 0.847. The molecular formula is C13H19ClN2O3S. The van der Waals surface area contributed by atoms with Gasteiger partial charge < -0.3 is 10.0 Å². The summed E-state index contributed by atoms with van der Waals surface area (Å²) in [5.74, 6) is 0. The monoisotopic (exact) mass is 318 g/mol. The average molecular weight is 319 g/mol. The predicted molar refractivity (Wildman–Crippen MR) is 78.2 cm³/mol. The van der Waals surface area contributed by atoms with Crippen molar-refractivity contribution in [2.75, 3.05) is 20.1 Å². The zero-order chi connectivity index (χ0) is 14.8. The van der Waals surface area contributed by atoms with E-state index in [-0.39, 0.29) is 16.5 Å². The highest BCUT2D eigenvalue weighted by atomic mass is 35.5. The molecule has 112 valence electrons. The predicted octanol–water partition coefficient (Wildman–Crippen LogP) is 1.20. The normalized spacial score (nSPS) is 15.8. The van der Waals surface area contributed by atoms with Gasteiger partial charge in [-0.15, -0.1) is 0 Å². The third-order valence-corrected chi connectivity index (χ3v) is 5.24. The minimum atomic E-state index is -3.55. The third-order valence-electron chi connectivity index (χ3n) is 3.43. The van der Waals surface area contributed by atoms with Crippen molar-refractivity contribution in [2.24, 2.45) is 0 Å². The fourth-order valence-electron chi connectivity index (χ4n) is 1.96. The minimum Gasteiger partial charge on any atom is -0.392 e. The van der Waals surface area contributed by atoms with Gasteiger partial charge >= 0.3 is 0 Å². The van der Waals surface area contributed by atoms with E-state index in [2.05, 4.69) is 9.62 Å². The number of likely N-dealkylation sites (N-methyl/N-ethyl adjacent to an activating group) is 1. The maximum Gasteiger partial charge on any atom is 0.240 e. The zero-order valence-electron chi connectivity index (χ0n) is 11.3. The highest BCUT2D eigenvalue weighted by molar-refractivity contribution is 7.89. The van der Waals surface area contributed by atoms with Crippen molar-refractivity contribution in [3.8, 4) is 0 Å². The Kier molecular flexibility index (Phi) is 5.04. The largest absolute Gasteiger partial charge is 0.392 e. The molecule has 0 aliphatic heterocycles. The van der Waals surface area contributed by atoms with Crippen LogP contribution in [0.2, 0.25) is 5.02 Å². The van der Waals surface area contributed by atoms with Crippen LogP contribution in [0.4, 0.5) is 0 Å². The van der Waals surface area contributed by atoms with Crippen LogP contribution >= 0.6 is 11.6 Å². The van der Waals surface area contributed by atoms with E-state index in [1.807, 2.05) is 7.05 Å². The van der Waals surface area contributed by atoms with Gasteiger partial charge in [0.1, 0.15) is 0 Å². The maximum atomic E-state index is 12.1. The fourth-order valence-corrected chi connectivity index (χ4v) is 3.31.